The van der Waals surface area contributed by atoms with E-state index in [2.05, 4.69) is 10.3 Å². The minimum absolute atomic E-state index is 0.0566. The summed E-state index contributed by atoms with van der Waals surface area (Å²) in [7, 11) is 0. The van der Waals surface area contributed by atoms with Crippen molar-refractivity contribution in [3.8, 4) is 5.69 Å². The summed E-state index contributed by atoms with van der Waals surface area (Å²) >= 11 is 0. The fourth-order valence-electron chi connectivity index (χ4n) is 2.04. The van der Waals surface area contributed by atoms with E-state index in [0.29, 0.717) is 0 Å². The molecule has 0 unspecified atom stereocenters. The SMILES string of the molecule is CC[C@@H](C)[C@@H](O)C(=O)NCc1nccn1-c1ccccc1. The molecule has 0 aliphatic carbocycles. The van der Waals surface area contributed by atoms with Crippen LogP contribution in [0.25, 0.3) is 5.69 Å². The van der Waals surface area contributed by atoms with Crippen LogP contribution in [0.2, 0.25) is 0 Å². The van der Waals surface area contributed by atoms with Crippen molar-refractivity contribution in [3.63, 3.8) is 0 Å². The number of imidazole rings is 1. The van der Waals surface area contributed by atoms with Gasteiger partial charge in [0.1, 0.15) is 11.9 Å². The third-order valence-electron chi connectivity index (χ3n) is 3.62. The fourth-order valence-corrected chi connectivity index (χ4v) is 2.04. The lowest BCUT2D eigenvalue weighted by Crippen LogP contribution is -2.38. The topological polar surface area (TPSA) is 67.2 Å². The summed E-state index contributed by atoms with van der Waals surface area (Å²) in [6, 6.07) is 9.79. The van der Waals surface area contributed by atoms with E-state index in [1.54, 1.807) is 6.20 Å². The van der Waals surface area contributed by atoms with Gasteiger partial charge in [0.25, 0.3) is 0 Å². The zero-order valence-corrected chi connectivity index (χ0v) is 12.4. The van der Waals surface area contributed by atoms with Crippen molar-refractivity contribution in [2.75, 3.05) is 0 Å². The van der Waals surface area contributed by atoms with Crippen LogP contribution >= 0.6 is 0 Å². The molecule has 1 amide bonds. The quantitative estimate of drug-likeness (QED) is 0.852. The van der Waals surface area contributed by atoms with Crippen LogP contribution in [-0.2, 0) is 11.3 Å². The summed E-state index contributed by atoms with van der Waals surface area (Å²) < 4.78 is 1.91. The zero-order chi connectivity index (χ0) is 15.2. The van der Waals surface area contributed by atoms with Crippen LogP contribution in [0.3, 0.4) is 0 Å². The Morgan fingerprint density at radius 2 is 2.10 bits per heavy atom. The molecule has 0 aliphatic heterocycles. The Balaban J connectivity index is 2.02. The molecule has 0 fully saturated rings. The van der Waals surface area contributed by atoms with Gasteiger partial charge in [-0.15, -0.1) is 0 Å². The third-order valence-corrected chi connectivity index (χ3v) is 3.62. The summed E-state index contributed by atoms with van der Waals surface area (Å²) in [6.07, 6.45) is 3.32. The first kappa shape index (κ1) is 15.3. The maximum atomic E-state index is 11.9. The third kappa shape index (κ3) is 3.70. The van der Waals surface area contributed by atoms with Crippen LogP contribution in [0.1, 0.15) is 26.1 Å². The average molecular weight is 287 g/mol. The number of carbonyl (C=O) groups excluding carboxylic acids is 1. The first-order valence-electron chi connectivity index (χ1n) is 7.17. The van der Waals surface area contributed by atoms with Crippen LogP contribution < -0.4 is 5.32 Å². The Bertz CT molecular complexity index is 580. The molecule has 2 N–H and O–H groups in total. The highest BCUT2D eigenvalue weighted by atomic mass is 16.3. The van der Waals surface area contributed by atoms with E-state index in [-0.39, 0.29) is 18.4 Å². The molecule has 0 saturated heterocycles. The Kier molecular flexibility index (Phi) is 5.11. The first-order valence-corrected chi connectivity index (χ1v) is 7.17. The van der Waals surface area contributed by atoms with E-state index >= 15 is 0 Å². The number of nitrogens with zero attached hydrogens (tertiary/aromatic N) is 2. The maximum Gasteiger partial charge on any atom is 0.249 e. The van der Waals surface area contributed by atoms with Crippen LogP contribution in [0.15, 0.2) is 42.7 Å². The predicted molar refractivity (Wildman–Crippen MR) is 80.9 cm³/mol. The van der Waals surface area contributed by atoms with Crippen molar-refractivity contribution in [1.82, 2.24) is 14.9 Å². The summed E-state index contributed by atoms with van der Waals surface area (Å²) in [6.45, 7) is 4.09. The zero-order valence-electron chi connectivity index (χ0n) is 12.4. The molecule has 0 saturated carbocycles. The number of para-hydroxylation sites is 1. The molecule has 5 heteroatoms. The van der Waals surface area contributed by atoms with E-state index in [1.807, 2.05) is 54.9 Å². The molecule has 1 heterocycles. The van der Waals surface area contributed by atoms with E-state index in [4.69, 9.17) is 0 Å². The van der Waals surface area contributed by atoms with Gasteiger partial charge >= 0.3 is 0 Å². The number of carbonyl (C=O) groups is 1. The van der Waals surface area contributed by atoms with E-state index < -0.39 is 6.10 Å². The van der Waals surface area contributed by atoms with Crippen LogP contribution in [0.5, 0.6) is 0 Å². The predicted octanol–water partition coefficient (Wildman–Crippen LogP) is 1.90. The largest absolute Gasteiger partial charge is 0.383 e. The smallest absolute Gasteiger partial charge is 0.249 e. The highest BCUT2D eigenvalue weighted by Gasteiger charge is 2.21. The Morgan fingerprint density at radius 3 is 2.76 bits per heavy atom. The van der Waals surface area contributed by atoms with Gasteiger partial charge in [0, 0.05) is 18.1 Å². The van der Waals surface area contributed by atoms with E-state index in [0.717, 1.165) is 17.9 Å². The van der Waals surface area contributed by atoms with Gasteiger partial charge < -0.3 is 15.0 Å². The van der Waals surface area contributed by atoms with Gasteiger partial charge in [0.05, 0.1) is 6.54 Å². The summed E-state index contributed by atoms with van der Waals surface area (Å²) in [5, 5.41) is 12.6. The molecule has 5 nitrogen and oxygen atoms in total. The second-order valence-electron chi connectivity index (χ2n) is 5.10. The molecule has 0 aliphatic rings. The number of hydrogen-bond donors (Lipinski definition) is 2. The van der Waals surface area contributed by atoms with Gasteiger partial charge in [-0.25, -0.2) is 4.98 Å². The fraction of sp³-hybridized carbons (Fsp3) is 0.375. The number of aliphatic hydroxyl groups excluding tert-OH is 1. The van der Waals surface area contributed by atoms with E-state index in [1.165, 1.54) is 0 Å². The Morgan fingerprint density at radius 1 is 1.38 bits per heavy atom. The molecule has 21 heavy (non-hydrogen) atoms. The normalized spacial score (nSPS) is 13.7. The minimum Gasteiger partial charge on any atom is -0.383 e. The summed E-state index contributed by atoms with van der Waals surface area (Å²) in [4.78, 5) is 16.1. The number of nitrogens with one attached hydrogen (secondary N) is 1. The number of benzene rings is 1. The second kappa shape index (κ2) is 7.04. The molecule has 2 aromatic rings. The molecule has 112 valence electrons. The van der Waals surface area contributed by atoms with E-state index in [9.17, 15) is 9.90 Å². The van der Waals surface area contributed by atoms with Gasteiger partial charge in [0.2, 0.25) is 5.91 Å². The van der Waals surface area contributed by atoms with Crippen molar-refractivity contribution in [1.29, 1.82) is 0 Å². The second-order valence-corrected chi connectivity index (χ2v) is 5.10. The highest BCUT2D eigenvalue weighted by Crippen LogP contribution is 2.11. The van der Waals surface area contributed by atoms with Gasteiger partial charge in [-0.3, -0.25) is 4.79 Å². The van der Waals surface area contributed by atoms with Crippen molar-refractivity contribution in [2.45, 2.75) is 32.9 Å². The lowest BCUT2D eigenvalue weighted by atomic mass is 10.0. The van der Waals surface area contributed by atoms with Gasteiger partial charge in [-0.05, 0) is 18.1 Å². The number of aromatic nitrogens is 2. The Labute approximate surface area is 124 Å². The monoisotopic (exact) mass is 287 g/mol. The molecular weight excluding hydrogens is 266 g/mol. The van der Waals surface area contributed by atoms with Crippen LogP contribution in [-0.4, -0.2) is 26.7 Å². The first-order chi connectivity index (χ1) is 10.1. The van der Waals surface area contributed by atoms with Crippen molar-refractivity contribution in [3.05, 3.63) is 48.5 Å². The van der Waals surface area contributed by atoms with Crippen molar-refractivity contribution in [2.24, 2.45) is 5.92 Å². The van der Waals surface area contributed by atoms with Gasteiger partial charge in [0.15, 0.2) is 0 Å². The number of hydrogen-bond acceptors (Lipinski definition) is 3. The van der Waals surface area contributed by atoms with Crippen molar-refractivity contribution < 1.29 is 9.90 Å². The molecule has 0 spiro atoms. The standard InChI is InChI=1S/C16H21N3O2/c1-3-12(2)15(20)16(21)18-11-14-17-9-10-19(14)13-7-5-4-6-8-13/h4-10,12,15,20H,3,11H2,1-2H3,(H,18,21)/t12-,15-/m1/s1. The molecule has 0 radical (unpaired) electrons. The molecule has 1 aromatic carbocycles. The van der Waals surface area contributed by atoms with Gasteiger partial charge in [-0.2, -0.15) is 0 Å². The lowest BCUT2D eigenvalue weighted by molar-refractivity contribution is -0.132. The highest BCUT2D eigenvalue weighted by molar-refractivity contribution is 5.80. The van der Waals surface area contributed by atoms with Crippen molar-refractivity contribution >= 4 is 5.91 Å². The average Bonchev–Trinajstić information content (AvgIpc) is 3.00. The van der Waals surface area contributed by atoms with Crippen LogP contribution in [0, 0.1) is 5.92 Å². The lowest BCUT2D eigenvalue weighted by Gasteiger charge is -2.16. The Hall–Kier alpha value is -2.14. The number of rotatable bonds is 6. The molecule has 2 rings (SSSR count). The number of amides is 1. The van der Waals surface area contributed by atoms with Crippen LogP contribution in [0.4, 0.5) is 0 Å². The summed E-state index contributed by atoms with van der Waals surface area (Å²) in [5.74, 6) is 0.316. The molecular formula is C16H21N3O2. The minimum atomic E-state index is -0.977. The van der Waals surface area contributed by atoms with Gasteiger partial charge in [-0.1, -0.05) is 38.5 Å². The molecule has 2 atom stereocenters. The molecule has 1 aromatic heterocycles. The number of aliphatic hydroxyl groups is 1. The summed E-state index contributed by atoms with van der Waals surface area (Å²) in [5.41, 5.74) is 0.988. The molecule has 0 bridgehead atoms. The maximum absolute atomic E-state index is 11.9.